The van der Waals surface area contributed by atoms with E-state index in [9.17, 15) is 15.0 Å². The number of nitrogens with one attached hydrogen (secondary N) is 1. The van der Waals surface area contributed by atoms with Gasteiger partial charge in [-0.3, -0.25) is 9.36 Å². The molecule has 0 amide bonds. The molecule has 3 aromatic rings. The predicted molar refractivity (Wildman–Crippen MR) is 106 cm³/mol. The quantitative estimate of drug-likeness (QED) is 0.559. The van der Waals surface area contributed by atoms with E-state index in [1.165, 1.54) is 0 Å². The van der Waals surface area contributed by atoms with E-state index in [4.69, 9.17) is 0 Å². The Kier molecular flexibility index (Phi) is 5.88. The van der Waals surface area contributed by atoms with Crippen molar-refractivity contribution < 1.29 is 10.2 Å². The van der Waals surface area contributed by atoms with E-state index in [0.717, 1.165) is 12.0 Å². The molecular weight excluding hydrogens is 342 g/mol. The maximum absolute atomic E-state index is 12.4. The second kappa shape index (κ2) is 8.33. The van der Waals surface area contributed by atoms with Gasteiger partial charge in [0, 0.05) is 12.6 Å². The monoisotopic (exact) mass is 367 g/mol. The van der Waals surface area contributed by atoms with Gasteiger partial charge in [-0.15, -0.1) is 0 Å². The first-order valence-electron chi connectivity index (χ1n) is 9.12. The highest BCUT2D eigenvalue weighted by atomic mass is 16.3. The molecule has 0 spiro atoms. The summed E-state index contributed by atoms with van der Waals surface area (Å²) in [6.07, 6.45) is 1.59. The first-order chi connectivity index (χ1) is 13.0. The molecule has 1 heterocycles. The van der Waals surface area contributed by atoms with E-state index in [-0.39, 0.29) is 17.4 Å². The Morgan fingerprint density at radius 2 is 2.00 bits per heavy atom. The smallest absolute Gasteiger partial charge is 0.261 e. The molecule has 0 radical (unpaired) electrons. The van der Waals surface area contributed by atoms with Gasteiger partial charge in [-0.25, -0.2) is 4.98 Å². The van der Waals surface area contributed by atoms with Gasteiger partial charge in [-0.1, -0.05) is 24.3 Å². The largest absolute Gasteiger partial charge is 0.508 e. The summed E-state index contributed by atoms with van der Waals surface area (Å²) in [4.78, 5) is 16.8. The average molecular weight is 367 g/mol. The number of phenolic OH excluding ortho intramolecular Hbond substituents is 1. The average Bonchev–Trinajstić information content (AvgIpc) is 2.68. The number of nitrogens with zero attached hydrogens (tertiary/aromatic N) is 2. The zero-order valence-corrected chi connectivity index (χ0v) is 15.6. The van der Waals surface area contributed by atoms with Crippen molar-refractivity contribution in [1.82, 2.24) is 14.9 Å². The number of aromatic hydroxyl groups is 1. The molecule has 2 aromatic carbocycles. The number of aryl methyl sites for hydroxylation is 2. The second-order valence-corrected chi connectivity index (χ2v) is 6.85. The number of fused-ring (bicyclic) bond motifs is 1. The van der Waals surface area contributed by atoms with Gasteiger partial charge in [0.1, 0.15) is 5.75 Å². The molecule has 142 valence electrons. The Morgan fingerprint density at radius 3 is 2.78 bits per heavy atom. The number of phenols is 1. The molecular formula is C21H25N3O3. The third kappa shape index (κ3) is 4.35. The molecule has 0 aliphatic heterocycles. The highest BCUT2D eigenvalue weighted by Gasteiger charge is 2.16. The first-order valence-corrected chi connectivity index (χ1v) is 9.12. The van der Waals surface area contributed by atoms with Crippen LogP contribution in [-0.4, -0.2) is 32.4 Å². The molecule has 0 saturated heterocycles. The van der Waals surface area contributed by atoms with Gasteiger partial charge in [-0.05, 0) is 56.1 Å². The maximum Gasteiger partial charge on any atom is 0.261 e. The number of hydrogen-bond donors (Lipinski definition) is 3. The molecule has 27 heavy (non-hydrogen) atoms. The number of aliphatic hydroxyl groups excluding tert-OH is 1. The van der Waals surface area contributed by atoms with Crippen LogP contribution in [0.25, 0.3) is 10.9 Å². The molecule has 0 aliphatic rings. The SMILES string of the molecule is Cc1ccc(C(O)C(C)NCCCn2cnc3ccccc3c2=O)cc1O. The van der Waals surface area contributed by atoms with Crippen LogP contribution in [0, 0.1) is 6.92 Å². The summed E-state index contributed by atoms with van der Waals surface area (Å²) in [5.74, 6) is 0.182. The van der Waals surface area contributed by atoms with Crippen LogP contribution in [0.15, 0.2) is 53.6 Å². The third-order valence-electron chi connectivity index (χ3n) is 4.82. The Labute approximate surface area is 158 Å². The zero-order chi connectivity index (χ0) is 19.4. The normalized spacial score (nSPS) is 13.6. The molecule has 6 nitrogen and oxygen atoms in total. The summed E-state index contributed by atoms with van der Waals surface area (Å²) in [5.41, 5.74) is 2.12. The Hall–Kier alpha value is -2.70. The minimum atomic E-state index is -0.721. The second-order valence-electron chi connectivity index (χ2n) is 6.85. The standard InChI is InChI=1S/C21H25N3O3/c1-14-8-9-16(12-19(14)25)20(26)15(2)22-10-5-11-24-13-23-18-7-4-3-6-17(18)21(24)27/h3-4,6-9,12-13,15,20,22,25-26H,5,10-11H2,1-2H3. The van der Waals surface area contributed by atoms with Crippen molar-refractivity contribution in [1.29, 1.82) is 0 Å². The molecule has 3 N–H and O–H groups in total. The van der Waals surface area contributed by atoms with Gasteiger partial charge in [0.05, 0.1) is 23.3 Å². The molecule has 0 aliphatic carbocycles. The summed E-state index contributed by atoms with van der Waals surface area (Å²) < 4.78 is 1.61. The molecule has 2 unspecified atom stereocenters. The number of rotatable bonds is 7. The first kappa shape index (κ1) is 19.1. The van der Waals surface area contributed by atoms with Gasteiger partial charge in [0.2, 0.25) is 0 Å². The molecule has 2 atom stereocenters. The highest BCUT2D eigenvalue weighted by molar-refractivity contribution is 5.76. The Bertz CT molecular complexity index is 984. The summed E-state index contributed by atoms with van der Waals surface area (Å²) >= 11 is 0. The lowest BCUT2D eigenvalue weighted by Crippen LogP contribution is -2.33. The summed E-state index contributed by atoms with van der Waals surface area (Å²) in [6, 6.07) is 12.3. The van der Waals surface area contributed by atoms with E-state index in [0.29, 0.717) is 29.6 Å². The maximum atomic E-state index is 12.4. The van der Waals surface area contributed by atoms with Gasteiger partial charge in [-0.2, -0.15) is 0 Å². The lowest BCUT2D eigenvalue weighted by atomic mass is 10.0. The molecule has 0 bridgehead atoms. The van der Waals surface area contributed by atoms with E-state index in [2.05, 4.69) is 10.3 Å². The number of aromatic nitrogens is 2. The summed E-state index contributed by atoms with van der Waals surface area (Å²) in [6.45, 7) is 4.91. The van der Waals surface area contributed by atoms with Crippen LogP contribution in [0.1, 0.15) is 30.6 Å². The number of hydrogen-bond acceptors (Lipinski definition) is 5. The zero-order valence-electron chi connectivity index (χ0n) is 15.6. The van der Waals surface area contributed by atoms with E-state index >= 15 is 0 Å². The number of aliphatic hydroxyl groups is 1. The topological polar surface area (TPSA) is 87.4 Å². The van der Waals surface area contributed by atoms with Crippen LogP contribution in [0.2, 0.25) is 0 Å². The van der Waals surface area contributed by atoms with Crippen molar-refractivity contribution in [3.8, 4) is 5.75 Å². The summed E-state index contributed by atoms with van der Waals surface area (Å²) in [7, 11) is 0. The Morgan fingerprint density at radius 1 is 1.22 bits per heavy atom. The van der Waals surface area contributed by atoms with E-state index < -0.39 is 6.10 Å². The fraction of sp³-hybridized carbons (Fsp3) is 0.333. The summed E-state index contributed by atoms with van der Waals surface area (Å²) in [5, 5.41) is 24.1. The lowest BCUT2D eigenvalue weighted by molar-refractivity contribution is 0.135. The molecule has 6 heteroatoms. The van der Waals surface area contributed by atoms with Gasteiger partial charge >= 0.3 is 0 Å². The van der Waals surface area contributed by atoms with Crippen molar-refractivity contribution in [3.63, 3.8) is 0 Å². The van der Waals surface area contributed by atoms with Crippen molar-refractivity contribution >= 4 is 10.9 Å². The Balaban J connectivity index is 1.54. The minimum Gasteiger partial charge on any atom is -0.508 e. The molecule has 0 fully saturated rings. The van der Waals surface area contributed by atoms with E-state index in [1.807, 2.05) is 38.1 Å². The van der Waals surface area contributed by atoms with Gasteiger partial charge in [0.15, 0.2) is 0 Å². The van der Waals surface area contributed by atoms with Crippen molar-refractivity contribution in [2.75, 3.05) is 6.54 Å². The molecule has 3 rings (SSSR count). The highest BCUT2D eigenvalue weighted by Crippen LogP contribution is 2.24. The van der Waals surface area contributed by atoms with Crippen molar-refractivity contribution in [3.05, 3.63) is 70.3 Å². The van der Waals surface area contributed by atoms with Crippen molar-refractivity contribution in [2.45, 2.75) is 39.0 Å². The minimum absolute atomic E-state index is 0.0381. The fourth-order valence-electron chi connectivity index (χ4n) is 3.06. The number of benzene rings is 2. The fourth-order valence-corrected chi connectivity index (χ4v) is 3.06. The van der Waals surface area contributed by atoms with Gasteiger partial charge < -0.3 is 15.5 Å². The molecule has 1 aromatic heterocycles. The van der Waals surface area contributed by atoms with Crippen LogP contribution in [0.3, 0.4) is 0 Å². The van der Waals surface area contributed by atoms with Crippen LogP contribution >= 0.6 is 0 Å². The van der Waals surface area contributed by atoms with Crippen LogP contribution in [0.4, 0.5) is 0 Å². The third-order valence-corrected chi connectivity index (χ3v) is 4.82. The number of para-hydroxylation sites is 1. The van der Waals surface area contributed by atoms with Crippen LogP contribution in [0.5, 0.6) is 5.75 Å². The molecule has 0 saturated carbocycles. The van der Waals surface area contributed by atoms with Gasteiger partial charge in [0.25, 0.3) is 5.56 Å². The van der Waals surface area contributed by atoms with Crippen LogP contribution < -0.4 is 10.9 Å². The lowest BCUT2D eigenvalue weighted by Gasteiger charge is -2.21. The van der Waals surface area contributed by atoms with E-state index in [1.54, 1.807) is 29.1 Å². The predicted octanol–water partition coefficient (Wildman–Crippen LogP) is 2.51. The van der Waals surface area contributed by atoms with Crippen molar-refractivity contribution in [2.24, 2.45) is 0 Å². The van der Waals surface area contributed by atoms with Crippen LogP contribution in [-0.2, 0) is 6.54 Å².